The molecule has 0 atom stereocenters. The molecule has 1 aliphatic rings. The lowest BCUT2D eigenvalue weighted by atomic mass is 9.87. The van der Waals surface area contributed by atoms with Crippen molar-refractivity contribution >= 4 is 38.9 Å². The fourth-order valence-electron chi connectivity index (χ4n) is 3.05. The lowest BCUT2D eigenvalue weighted by Gasteiger charge is -2.33. The van der Waals surface area contributed by atoms with Crippen LogP contribution in [0.1, 0.15) is 38.2 Å². The first-order chi connectivity index (χ1) is 11.2. The van der Waals surface area contributed by atoms with Crippen LogP contribution in [0.25, 0.3) is 0 Å². The summed E-state index contributed by atoms with van der Waals surface area (Å²) in [7, 11) is -1.88. The predicted octanol–water partition coefficient (Wildman–Crippen LogP) is 3.95. The molecule has 0 aliphatic heterocycles. The number of hydrogen-bond donors (Lipinski definition) is 0. The molecule has 0 heterocycles. The Morgan fingerprint density at radius 3 is 2.42 bits per heavy atom. The molecule has 0 radical (unpaired) electrons. The van der Waals surface area contributed by atoms with Crippen LogP contribution < -0.4 is 0 Å². The van der Waals surface area contributed by atoms with Gasteiger partial charge in [-0.3, -0.25) is 4.79 Å². The number of amides is 1. The van der Waals surface area contributed by atoms with E-state index in [1.54, 1.807) is 24.1 Å². The third-order valence-corrected chi connectivity index (χ3v) is 6.68. The first-order valence-electron chi connectivity index (χ1n) is 8.08. The highest BCUT2D eigenvalue weighted by Crippen LogP contribution is 2.27. The van der Waals surface area contributed by atoms with Gasteiger partial charge < -0.3 is 4.90 Å². The molecule has 2 rings (SSSR count). The summed E-state index contributed by atoms with van der Waals surface area (Å²) in [5.41, 5.74) is 0.461. The van der Waals surface area contributed by atoms with Crippen molar-refractivity contribution < 1.29 is 13.2 Å². The number of sulfone groups is 1. The molecule has 24 heavy (non-hydrogen) atoms. The molecule has 1 aromatic rings. The summed E-state index contributed by atoms with van der Waals surface area (Å²) in [5, 5.41) is 0.747. The van der Waals surface area contributed by atoms with Crippen molar-refractivity contribution in [1.29, 1.82) is 0 Å². The van der Waals surface area contributed by atoms with Gasteiger partial charge in [-0.1, -0.05) is 36.2 Å². The Morgan fingerprint density at radius 1 is 1.21 bits per heavy atom. The number of nitrogens with zero attached hydrogens (tertiary/aromatic N) is 1. The van der Waals surface area contributed by atoms with Crippen molar-refractivity contribution in [2.24, 2.45) is 5.92 Å². The Bertz CT molecular complexity index is 698. The van der Waals surface area contributed by atoms with E-state index in [9.17, 15) is 13.2 Å². The van der Waals surface area contributed by atoms with Gasteiger partial charge in [-0.2, -0.15) is 0 Å². The Balaban J connectivity index is 1.98. The van der Waals surface area contributed by atoms with Crippen molar-refractivity contribution in [3.63, 3.8) is 0 Å². The zero-order chi connectivity index (χ0) is 17.9. The minimum absolute atomic E-state index is 0.142. The standard InChI is InChI=1S/C17H23Cl2NO3S/c1-12-3-7-15(8-4-12)20(2)17(21)11-24(22,23)10-13-5-6-14(18)9-16(13)19/h5-6,9,12,15H,3-4,7-8,10-11H2,1-2H3. The maximum atomic E-state index is 12.4. The highest BCUT2D eigenvalue weighted by molar-refractivity contribution is 7.91. The Morgan fingerprint density at radius 2 is 1.83 bits per heavy atom. The summed E-state index contributed by atoms with van der Waals surface area (Å²) in [5.74, 6) is -0.418. The summed E-state index contributed by atoms with van der Waals surface area (Å²) < 4.78 is 24.7. The highest BCUT2D eigenvalue weighted by atomic mass is 35.5. The summed E-state index contributed by atoms with van der Waals surface area (Å²) in [6, 6.07) is 4.82. The third kappa shape index (κ3) is 5.36. The van der Waals surface area contributed by atoms with Crippen LogP contribution in [0.2, 0.25) is 10.0 Å². The van der Waals surface area contributed by atoms with Gasteiger partial charge in [-0.05, 0) is 49.3 Å². The maximum absolute atomic E-state index is 12.4. The van der Waals surface area contributed by atoms with Crippen molar-refractivity contribution in [2.75, 3.05) is 12.8 Å². The number of benzene rings is 1. The van der Waals surface area contributed by atoms with Crippen molar-refractivity contribution in [1.82, 2.24) is 4.90 Å². The number of halogens is 2. The second-order valence-electron chi connectivity index (χ2n) is 6.69. The molecular weight excluding hydrogens is 369 g/mol. The second-order valence-corrected chi connectivity index (χ2v) is 9.59. The van der Waals surface area contributed by atoms with Crippen LogP contribution in [0, 0.1) is 5.92 Å². The summed E-state index contributed by atoms with van der Waals surface area (Å²) >= 11 is 11.8. The van der Waals surface area contributed by atoms with Crippen molar-refractivity contribution in [3.8, 4) is 0 Å². The summed E-state index contributed by atoms with van der Waals surface area (Å²) in [6.45, 7) is 2.21. The van der Waals surface area contributed by atoms with Crippen LogP contribution in [0.3, 0.4) is 0 Å². The van der Waals surface area contributed by atoms with Gasteiger partial charge in [0.05, 0.1) is 5.75 Å². The quantitative estimate of drug-likeness (QED) is 0.763. The monoisotopic (exact) mass is 391 g/mol. The molecule has 0 N–H and O–H groups in total. The molecule has 4 nitrogen and oxygen atoms in total. The molecule has 134 valence electrons. The van der Waals surface area contributed by atoms with Gasteiger partial charge in [0.15, 0.2) is 9.84 Å². The first-order valence-corrected chi connectivity index (χ1v) is 10.7. The molecule has 7 heteroatoms. The zero-order valence-corrected chi connectivity index (χ0v) is 16.3. The highest BCUT2D eigenvalue weighted by Gasteiger charge is 2.28. The molecule has 1 aliphatic carbocycles. The Labute approximate surface area is 154 Å². The summed E-state index contributed by atoms with van der Waals surface area (Å²) in [4.78, 5) is 14.0. The molecule has 0 aromatic heterocycles. The van der Waals surface area contributed by atoms with Gasteiger partial charge in [0.2, 0.25) is 5.91 Å². The van der Waals surface area contributed by atoms with Crippen LogP contribution in [0.5, 0.6) is 0 Å². The SMILES string of the molecule is CC1CCC(N(C)C(=O)CS(=O)(=O)Cc2ccc(Cl)cc2Cl)CC1. The van der Waals surface area contributed by atoms with E-state index in [2.05, 4.69) is 6.92 Å². The minimum Gasteiger partial charge on any atom is -0.342 e. The topological polar surface area (TPSA) is 54.5 Å². The van der Waals surface area contributed by atoms with E-state index in [1.165, 1.54) is 6.07 Å². The molecule has 0 unspecified atom stereocenters. The van der Waals surface area contributed by atoms with E-state index in [-0.39, 0.29) is 17.7 Å². The average Bonchev–Trinajstić information content (AvgIpc) is 2.49. The molecule has 0 spiro atoms. The van der Waals surface area contributed by atoms with Gasteiger partial charge in [0.25, 0.3) is 0 Å². The minimum atomic E-state index is -3.58. The second kappa shape index (κ2) is 8.07. The smallest absolute Gasteiger partial charge is 0.237 e. The number of rotatable bonds is 5. The van der Waals surface area contributed by atoms with E-state index < -0.39 is 15.6 Å². The molecule has 0 bridgehead atoms. The third-order valence-electron chi connectivity index (χ3n) is 4.66. The van der Waals surface area contributed by atoms with Gasteiger partial charge in [-0.15, -0.1) is 0 Å². The fraction of sp³-hybridized carbons (Fsp3) is 0.588. The van der Waals surface area contributed by atoms with Crippen LogP contribution in [0.4, 0.5) is 0 Å². The van der Waals surface area contributed by atoms with Crippen LogP contribution in [-0.4, -0.2) is 38.1 Å². The van der Waals surface area contributed by atoms with Crippen LogP contribution in [-0.2, 0) is 20.4 Å². The molecule has 1 aromatic carbocycles. The van der Waals surface area contributed by atoms with Crippen molar-refractivity contribution in [3.05, 3.63) is 33.8 Å². The molecule has 1 fully saturated rings. The van der Waals surface area contributed by atoms with E-state index >= 15 is 0 Å². The first kappa shape index (κ1) is 19.5. The normalized spacial score (nSPS) is 21.5. The van der Waals surface area contributed by atoms with Crippen LogP contribution >= 0.6 is 23.2 Å². The summed E-state index contributed by atoms with van der Waals surface area (Å²) in [6.07, 6.45) is 4.03. The average molecular weight is 392 g/mol. The Hall–Kier alpha value is -0.780. The molecule has 1 amide bonds. The lowest BCUT2D eigenvalue weighted by Crippen LogP contribution is -2.42. The van der Waals surface area contributed by atoms with E-state index in [0.717, 1.165) is 25.7 Å². The molecular formula is C17H23Cl2NO3S. The fourth-order valence-corrected chi connectivity index (χ4v) is 5.01. The predicted molar refractivity (Wildman–Crippen MR) is 98.1 cm³/mol. The van der Waals surface area contributed by atoms with Gasteiger partial charge in [0, 0.05) is 23.1 Å². The molecule has 1 saturated carbocycles. The molecule has 0 saturated heterocycles. The lowest BCUT2D eigenvalue weighted by molar-refractivity contribution is -0.129. The zero-order valence-electron chi connectivity index (χ0n) is 14.0. The van der Waals surface area contributed by atoms with E-state index in [1.807, 2.05) is 0 Å². The Kier molecular flexibility index (Phi) is 6.57. The van der Waals surface area contributed by atoms with Gasteiger partial charge in [0.1, 0.15) is 5.75 Å². The van der Waals surface area contributed by atoms with E-state index in [0.29, 0.717) is 21.5 Å². The maximum Gasteiger partial charge on any atom is 0.237 e. The van der Waals surface area contributed by atoms with Gasteiger partial charge >= 0.3 is 0 Å². The number of carbonyl (C=O) groups excluding carboxylic acids is 1. The largest absolute Gasteiger partial charge is 0.342 e. The van der Waals surface area contributed by atoms with Gasteiger partial charge in [-0.25, -0.2) is 8.42 Å². The van der Waals surface area contributed by atoms with Crippen molar-refractivity contribution in [2.45, 2.75) is 44.4 Å². The number of carbonyl (C=O) groups is 1. The number of hydrogen-bond acceptors (Lipinski definition) is 3. The van der Waals surface area contributed by atoms with Crippen LogP contribution in [0.15, 0.2) is 18.2 Å². The van der Waals surface area contributed by atoms with E-state index in [4.69, 9.17) is 23.2 Å².